The quantitative estimate of drug-likeness (QED) is 0.855. The molecule has 18 heavy (non-hydrogen) atoms. The van der Waals surface area contributed by atoms with Crippen LogP contribution in [0.3, 0.4) is 0 Å². The van der Waals surface area contributed by atoms with Crippen molar-refractivity contribution in [1.82, 2.24) is 14.9 Å². The highest BCUT2D eigenvalue weighted by Gasteiger charge is 2.28. The molecule has 1 aromatic heterocycles. The Balaban J connectivity index is 2.05. The Morgan fingerprint density at radius 3 is 2.89 bits per heavy atom. The number of rotatable bonds is 4. The monoisotopic (exact) mass is 245 g/mol. The first-order valence-corrected chi connectivity index (χ1v) is 6.58. The SMILES string of the molecule is CC(c1nc2ccccc2n1CCO)C1CNC1. The number of hydrogen-bond donors (Lipinski definition) is 2. The molecule has 2 heterocycles. The van der Waals surface area contributed by atoms with Gasteiger partial charge < -0.3 is 15.0 Å². The van der Waals surface area contributed by atoms with Crippen molar-refractivity contribution in [2.24, 2.45) is 5.92 Å². The third kappa shape index (κ3) is 1.82. The number of benzene rings is 1. The first-order valence-electron chi connectivity index (χ1n) is 6.58. The Kier molecular flexibility index (Phi) is 3.06. The maximum Gasteiger partial charge on any atom is 0.113 e. The molecule has 96 valence electrons. The molecule has 2 aromatic rings. The van der Waals surface area contributed by atoms with E-state index in [0.717, 1.165) is 29.9 Å². The lowest BCUT2D eigenvalue weighted by Crippen LogP contribution is -2.45. The average molecular weight is 245 g/mol. The van der Waals surface area contributed by atoms with E-state index < -0.39 is 0 Å². The molecular weight excluding hydrogens is 226 g/mol. The summed E-state index contributed by atoms with van der Waals surface area (Å²) >= 11 is 0. The normalized spacial score (nSPS) is 17.9. The number of aliphatic hydroxyl groups is 1. The molecule has 1 aromatic carbocycles. The second-order valence-corrected chi connectivity index (χ2v) is 5.04. The summed E-state index contributed by atoms with van der Waals surface area (Å²) in [6.45, 7) is 5.16. The van der Waals surface area contributed by atoms with Gasteiger partial charge >= 0.3 is 0 Å². The van der Waals surface area contributed by atoms with Crippen molar-refractivity contribution in [3.05, 3.63) is 30.1 Å². The van der Waals surface area contributed by atoms with Gasteiger partial charge in [-0.05, 0) is 31.1 Å². The van der Waals surface area contributed by atoms with E-state index in [1.807, 2.05) is 18.2 Å². The van der Waals surface area contributed by atoms with Gasteiger partial charge in [-0.25, -0.2) is 4.98 Å². The van der Waals surface area contributed by atoms with Crippen molar-refractivity contribution < 1.29 is 5.11 Å². The summed E-state index contributed by atoms with van der Waals surface area (Å²) in [7, 11) is 0. The highest BCUT2D eigenvalue weighted by atomic mass is 16.3. The number of nitrogens with one attached hydrogen (secondary N) is 1. The number of imidazole rings is 1. The number of aliphatic hydroxyl groups excluding tert-OH is 1. The summed E-state index contributed by atoms with van der Waals surface area (Å²) in [6.07, 6.45) is 0. The first kappa shape index (κ1) is 11.7. The number of nitrogens with zero attached hydrogens (tertiary/aromatic N) is 2. The van der Waals surface area contributed by atoms with Gasteiger partial charge in [0.25, 0.3) is 0 Å². The van der Waals surface area contributed by atoms with Crippen LogP contribution in [0.4, 0.5) is 0 Å². The van der Waals surface area contributed by atoms with Crippen LogP contribution >= 0.6 is 0 Å². The van der Waals surface area contributed by atoms with Gasteiger partial charge in [0.1, 0.15) is 5.82 Å². The summed E-state index contributed by atoms with van der Waals surface area (Å²) in [5.74, 6) is 2.21. The summed E-state index contributed by atoms with van der Waals surface area (Å²) in [5, 5.41) is 12.6. The fourth-order valence-electron chi connectivity index (χ4n) is 2.65. The lowest BCUT2D eigenvalue weighted by atomic mass is 9.88. The number of para-hydroxylation sites is 2. The standard InChI is InChI=1S/C14H19N3O/c1-10(11-8-15-9-11)14-16-12-4-2-3-5-13(12)17(14)6-7-18/h2-5,10-11,15,18H,6-9H2,1H3. The van der Waals surface area contributed by atoms with E-state index in [1.165, 1.54) is 0 Å². The molecule has 0 saturated carbocycles. The minimum atomic E-state index is 0.156. The molecule has 2 N–H and O–H groups in total. The maximum atomic E-state index is 9.25. The Hall–Kier alpha value is -1.39. The Morgan fingerprint density at radius 1 is 1.44 bits per heavy atom. The van der Waals surface area contributed by atoms with Crippen LogP contribution in [0, 0.1) is 5.92 Å². The third-order valence-electron chi connectivity index (χ3n) is 3.94. The van der Waals surface area contributed by atoms with Crippen molar-refractivity contribution in [2.45, 2.75) is 19.4 Å². The summed E-state index contributed by atoms with van der Waals surface area (Å²) in [6, 6.07) is 8.15. The van der Waals surface area contributed by atoms with Gasteiger partial charge in [0.05, 0.1) is 17.6 Å². The second kappa shape index (κ2) is 4.71. The molecule has 0 bridgehead atoms. The molecule has 0 amide bonds. The summed E-state index contributed by atoms with van der Waals surface area (Å²) in [4.78, 5) is 4.76. The van der Waals surface area contributed by atoms with Crippen molar-refractivity contribution >= 4 is 11.0 Å². The van der Waals surface area contributed by atoms with Gasteiger partial charge in [-0.3, -0.25) is 0 Å². The van der Waals surface area contributed by atoms with E-state index in [4.69, 9.17) is 4.98 Å². The molecule has 1 saturated heterocycles. The first-order chi connectivity index (χ1) is 8.81. The fraction of sp³-hybridized carbons (Fsp3) is 0.500. The van der Waals surface area contributed by atoms with Crippen molar-refractivity contribution in [3.8, 4) is 0 Å². The minimum absolute atomic E-state index is 0.156. The zero-order valence-corrected chi connectivity index (χ0v) is 10.6. The minimum Gasteiger partial charge on any atom is -0.395 e. The summed E-state index contributed by atoms with van der Waals surface area (Å²) in [5.41, 5.74) is 2.15. The van der Waals surface area contributed by atoms with Crippen LogP contribution in [0.5, 0.6) is 0 Å². The lowest BCUT2D eigenvalue weighted by molar-refractivity contribution is 0.263. The number of hydrogen-bond acceptors (Lipinski definition) is 3. The molecule has 1 fully saturated rings. The highest BCUT2D eigenvalue weighted by Crippen LogP contribution is 2.29. The molecule has 0 aliphatic carbocycles. The topological polar surface area (TPSA) is 50.1 Å². The van der Waals surface area contributed by atoms with Gasteiger partial charge in [-0.15, -0.1) is 0 Å². The number of fused-ring (bicyclic) bond motifs is 1. The predicted molar refractivity (Wildman–Crippen MR) is 71.6 cm³/mol. The molecule has 0 radical (unpaired) electrons. The van der Waals surface area contributed by atoms with Crippen LogP contribution in [-0.2, 0) is 6.54 Å². The Bertz CT molecular complexity index is 545. The van der Waals surface area contributed by atoms with Crippen molar-refractivity contribution in [3.63, 3.8) is 0 Å². The van der Waals surface area contributed by atoms with Gasteiger partial charge in [0.2, 0.25) is 0 Å². The second-order valence-electron chi connectivity index (χ2n) is 5.04. The zero-order valence-electron chi connectivity index (χ0n) is 10.6. The van der Waals surface area contributed by atoms with Gasteiger partial charge in [0, 0.05) is 12.5 Å². The molecule has 4 heteroatoms. The fourth-order valence-corrected chi connectivity index (χ4v) is 2.65. The molecule has 1 unspecified atom stereocenters. The largest absolute Gasteiger partial charge is 0.395 e. The zero-order chi connectivity index (χ0) is 12.5. The van der Waals surface area contributed by atoms with Gasteiger partial charge in [-0.2, -0.15) is 0 Å². The van der Waals surface area contributed by atoms with E-state index in [1.54, 1.807) is 0 Å². The Morgan fingerprint density at radius 2 is 2.22 bits per heavy atom. The highest BCUT2D eigenvalue weighted by molar-refractivity contribution is 5.76. The lowest BCUT2D eigenvalue weighted by Gasteiger charge is -2.32. The van der Waals surface area contributed by atoms with Crippen LogP contribution in [0.2, 0.25) is 0 Å². The average Bonchev–Trinajstić information content (AvgIpc) is 2.67. The molecule has 4 nitrogen and oxygen atoms in total. The molecule has 0 spiro atoms. The van der Waals surface area contributed by atoms with Crippen molar-refractivity contribution in [2.75, 3.05) is 19.7 Å². The van der Waals surface area contributed by atoms with Crippen LogP contribution in [0.15, 0.2) is 24.3 Å². The van der Waals surface area contributed by atoms with E-state index in [0.29, 0.717) is 18.4 Å². The smallest absolute Gasteiger partial charge is 0.113 e. The third-order valence-corrected chi connectivity index (χ3v) is 3.94. The molecule has 1 aliphatic rings. The van der Waals surface area contributed by atoms with E-state index >= 15 is 0 Å². The van der Waals surface area contributed by atoms with Crippen molar-refractivity contribution in [1.29, 1.82) is 0 Å². The van der Waals surface area contributed by atoms with Gasteiger partial charge in [-0.1, -0.05) is 19.1 Å². The van der Waals surface area contributed by atoms with Crippen LogP contribution < -0.4 is 5.32 Å². The van der Waals surface area contributed by atoms with Crippen LogP contribution in [0.1, 0.15) is 18.7 Å². The molecule has 1 aliphatic heterocycles. The molecular formula is C14H19N3O. The van der Waals surface area contributed by atoms with Crippen LogP contribution in [0.25, 0.3) is 11.0 Å². The molecule has 1 atom stereocenters. The predicted octanol–water partition coefficient (Wildman–Crippen LogP) is 1.35. The van der Waals surface area contributed by atoms with Crippen LogP contribution in [-0.4, -0.2) is 34.4 Å². The number of aromatic nitrogens is 2. The van der Waals surface area contributed by atoms with E-state index in [-0.39, 0.29) is 6.61 Å². The molecule has 3 rings (SSSR count). The van der Waals surface area contributed by atoms with E-state index in [2.05, 4.69) is 22.9 Å². The van der Waals surface area contributed by atoms with E-state index in [9.17, 15) is 5.11 Å². The Labute approximate surface area is 107 Å². The maximum absolute atomic E-state index is 9.25. The summed E-state index contributed by atoms with van der Waals surface area (Å²) < 4.78 is 2.16. The van der Waals surface area contributed by atoms with Gasteiger partial charge in [0.15, 0.2) is 0 Å².